The van der Waals surface area contributed by atoms with Gasteiger partial charge in [0.05, 0.1) is 23.0 Å². The molecule has 3 aromatic heterocycles. The summed E-state index contributed by atoms with van der Waals surface area (Å²) in [5.41, 5.74) is 9.32. The van der Waals surface area contributed by atoms with Gasteiger partial charge in [0.2, 0.25) is 0 Å². The predicted octanol–water partition coefficient (Wildman–Crippen LogP) is 2.33. The van der Waals surface area contributed by atoms with Gasteiger partial charge < -0.3 is 16.4 Å². The number of fused-ring (bicyclic) bond motifs is 2. The Kier molecular flexibility index (Phi) is 5.24. The third-order valence-corrected chi connectivity index (χ3v) is 5.57. The van der Waals surface area contributed by atoms with E-state index in [1.54, 1.807) is 35.0 Å². The molecule has 5 rings (SSSR count). The molecule has 0 aliphatic carbocycles. The van der Waals surface area contributed by atoms with Gasteiger partial charge in [-0.25, -0.2) is 19.3 Å². The molecule has 0 saturated carbocycles. The van der Waals surface area contributed by atoms with E-state index in [1.165, 1.54) is 12.1 Å². The highest BCUT2D eigenvalue weighted by Gasteiger charge is 2.20. The van der Waals surface area contributed by atoms with Crippen molar-refractivity contribution in [2.75, 3.05) is 18.4 Å². The van der Waals surface area contributed by atoms with Gasteiger partial charge in [-0.05, 0) is 42.8 Å². The fourth-order valence-electron chi connectivity index (χ4n) is 4.02. The highest BCUT2D eigenvalue weighted by molar-refractivity contribution is 5.99. The Labute approximate surface area is 183 Å². The molecule has 0 radical (unpaired) electrons. The van der Waals surface area contributed by atoms with Crippen molar-refractivity contribution in [3.63, 3.8) is 0 Å². The summed E-state index contributed by atoms with van der Waals surface area (Å²) in [6, 6.07) is 9.89. The topological polar surface area (TPSA) is 110 Å². The van der Waals surface area contributed by atoms with Crippen molar-refractivity contribution < 1.29 is 9.18 Å². The Morgan fingerprint density at radius 2 is 2.06 bits per heavy atom. The molecule has 0 saturated heterocycles. The minimum Gasteiger partial charge on any atom is -0.366 e. The third kappa shape index (κ3) is 3.78. The second kappa shape index (κ2) is 8.35. The molecule has 0 unspecified atom stereocenters. The minimum atomic E-state index is -0.520. The van der Waals surface area contributed by atoms with E-state index in [1.807, 2.05) is 6.07 Å². The van der Waals surface area contributed by atoms with Gasteiger partial charge in [-0.3, -0.25) is 9.20 Å². The highest BCUT2D eigenvalue weighted by Crippen LogP contribution is 2.26. The number of benzene rings is 1. The molecule has 0 atom stereocenters. The van der Waals surface area contributed by atoms with Crippen LogP contribution in [-0.4, -0.2) is 38.3 Å². The van der Waals surface area contributed by atoms with Gasteiger partial charge in [0.1, 0.15) is 11.6 Å². The maximum absolute atomic E-state index is 13.6. The van der Waals surface area contributed by atoms with E-state index in [2.05, 4.69) is 15.6 Å². The van der Waals surface area contributed by atoms with Crippen molar-refractivity contribution >= 4 is 17.2 Å². The van der Waals surface area contributed by atoms with Crippen molar-refractivity contribution in [3.05, 3.63) is 77.0 Å². The average molecular weight is 431 g/mol. The molecule has 8 nitrogen and oxygen atoms in total. The molecule has 4 aromatic rings. The molecule has 1 aromatic carbocycles. The van der Waals surface area contributed by atoms with Crippen LogP contribution in [0, 0.1) is 5.82 Å². The Morgan fingerprint density at radius 3 is 2.91 bits per heavy atom. The number of nitrogens with two attached hydrogens (primary N) is 1. The molecule has 4 N–H and O–H groups in total. The van der Waals surface area contributed by atoms with Crippen LogP contribution in [0.1, 0.15) is 27.2 Å². The molecule has 1 aliphatic rings. The molecular weight excluding hydrogens is 409 g/mol. The van der Waals surface area contributed by atoms with Gasteiger partial charge in [0, 0.05) is 31.3 Å². The average Bonchev–Trinajstić information content (AvgIpc) is 3.08. The zero-order chi connectivity index (χ0) is 22.1. The zero-order valence-electron chi connectivity index (χ0n) is 17.3. The summed E-state index contributed by atoms with van der Waals surface area (Å²) >= 11 is 0. The predicted molar refractivity (Wildman–Crippen MR) is 119 cm³/mol. The molecule has 162 valence electrons. The number of amides is 1. The van der Waals surface area contributed by atoms with E-state index in [0.717, 1.165) is 42.8 Å². The fourth-order valence-corrected chi connectivity index (χ4v) is 4.02. The summed E-state index contributed by atoms with van der Waals surface area (Å²) in [6.45, 7) is 2.09. The number of halogens is 1. The highest BCUT2D eigenvalue weighted by atomic mass is 19.1. The maximum Gasteiger partial charge on any atom is 0.250 e. The lowest BCUT2D eigenvalue weighted by Gasteiger charge is -2.15. The van der Waals surface area contributed by atoms with Crippen molar-refractivity contribution in [2.24, 2.45) is 5.73 Å². The summed E-state index contributed by atoms with van der Waals surface area (Å²) in [4.78, 5) is 25.9. The monoisotopic (exact) mass is 431 g/mol. The fraction of sp³-hybridized carbons (Fsp3) is 0.217. The van der Waals surface area contributed by atoms with Gasteiger partial charge in [-0.2, -0.15) is 0 Å². The van der Waals surface area contributed by atoms with E-state index >= 15 is 0 Å². The summed E-state index contributed by atoms with van der Waals surface area (Å²) < 4.78 is 15.4. The number of rotatable bonds is 5. The van der Waals surface area contributed by atoms with Crippen LogP contribution in [0.3, 0.4) is 0 Å². The standard InChI is InChI=1S/C23H22FN7O/c24-15-4-1-3-14(11-15)12-27-21-16-6-8-26-9-7-18(16)29-22(30-21)23-28-13-19-17(20(25)32)5-2-10-31(19)23/h1-5,10-11,13,26H,6-9,12H2,(H2,25,32)(H,27,29,30). The second-order valence-electron chi connectivity index (χ2n) is 7.68. The quantitative estimate of drug-likeness (QED) is 0.447. The van der Waals surface area contributed by atoms with Crippen molar-refractivity contribution in [2.45, 2.75) is 19.4 Å². The molecule has 32 heavy (non-hydrogen) atoms. The van der Waals surface area contributed by atoms with E-state index in [0.29, 0.717) is 35.1 Å². The minimum absolute atomic E-state index is 0.273. The number of pyridine rings is 1. The Morgan fingerprint density at radius 1 is 1.19 bits per heavy atom. The van der Waals surface area contributed by atoms with Crippen molar-refractivity contribution in [3.8, 4) is 11.6 Å². The van der Waals surface area contributed by atoms with Crippen LogP contribution in [0.2, 0.25) is 0 Å². The van der Waals surface area contributed by atoms with Gasteiger partial charge in [-0.1, -0.05) is 12.1 Å². The van der Waals surface area contributed by atoms with Crippen LogP contribution in [0.5, 0.6) is 0 Å². The first-order valence-electron chi connectivity index (χ1n) is 10.5. The van der Waals surface area contributed by atoms with Crippen LogP contribution in [0.15, 0.2) is 48.8 Å². The number of aromatic nitrogens is 4. The number of hydrogen-bond acceptors (Lipinski definition) is 6. The van der Waals surface area contributed by atoms with E-state index in [9.17, 15) is 9.18 Å². The van der Waals surface area contributed by atoms with Crippen LogP contribution >= 0.6 is 0 Å². The normalized spacial score (nSPS) is 13.5. The van der Waals surface area contributed by atoms with Crippen LogP contribution in [-0.2, 0) is 19.4 Å². The van der Waals surface area contributed by atoms with Gasteiger partial charge in [0.15, 0.2) is 11.6 Å². The van der Waals surface area contributed by atoms with E-state index < -0.39 is 5.91 Å². The molecule has 0 bridgehead atoms. The van der Waals surface area contributed by atoms with Crippen LogP contribution < -0.4 is 16.4 Å². The SMILES string of the molecule is NC(=O)c1cccn2c(-c3nc4c(c(NCc5cccc(F)c5)n3)CCNCC4)ncc12. The van der Waals surface area contributed by atoms with Crippen LogP contribution in [0.4, 0.5) is 10.2 Å². The first-order chi connectivity index (χ1) is 15.6. The number of anilines is 1. The van der Waals surface area contributed by atoms with Gasteiger partial charge >= 0.3 is 0 Å². The zero-order valence-corrected chi connectivity index (χ0v) is 17.3. The van der Waals surface area contributed by atoms with Gasteiger partial charge in [0.25, 0.3) is 5.91 Å². The van der Waals surface area contributed by atoms with Crippen molar-refractivity contribution in [1.82, 2.24) is 24.7 Å². The summed E-state index contributed by atoms with van der Waals surface area (Å²) in [7, 11) is 0. The molecular formula is C23H22FN7O. The van der Waals surface area contributed by atoms with Crippen LogP contribution in [0.25, 0.3) is 17.2 Å². The number of imidazole rings is 1. The third-order valence-electron chi connectivity index (χ3n) is 5.57. The van der Waals surface area contributed by atoms with Crippen molar-refractivity contribution in [1.29, 1.82) is 0 Å². The lowest BCUT2D eigenvalue weighted by molar-refractivity contribution is 0.100. The molecule has 0 spiro atoms. The first kappa shape index (κ1) is 20.1. The summed E-state index contributed by atoms with van der Waals surface area (Å²) in [5, 5.41) is 6.76. The first-order valence-corrected chi connectivity index (χ1v) is 10.5. The number of nitrogens with zero attached hydrogens (tertiary/aromatic N) is 4. The summed E-state index contributed by atoms with van der Waals surface area (Å²) in [6.07, 6.45) is 4.96. The molecule has 1 aliphatic heterocycles. The van der Waals surface area contributed by atoms with Gasteiger partial charge in [-0.15, -0.1) is 0 Å². The number of primary amides is 1. The number of hydrogen-bond donors (Lipinski definition) is 3. The number of nitrogens with one attached hydrogen (secondary N) is 2. The Hall–Kier alpha value is -3.85. The lowest BCUT2D eigenvalue weighted by Crippen LogP contribution is -2.16. The maximum atomic E-state index is 13.6. The molecule has 9 heteroatoms. The number of carbonyl (C=O) groups is 1. The van der Waals surface area contributed by atoms with E-state index in [4.69, 9.17) is 15.7 Å². The van der Waals surface area contributed by atoms with E-state index in [-0.39, 0.29) is 5.82 Å². The number of carbonyl (C=O) groups excluding carboxylic acids is 1. The molecule has 4 heterocycles. The molecule has 0 fully saturated rings. The Balaban J connectivity index is 1.58. The molecule has 1 amide bonds. The largest absolute Gasteiger partial charge is 0.366 e. The lowest BCUT2D eigenvalue weighted by atomic mass is 10.1. The smallest absolute Gasteiger partial charge is 0.250 e. The second-order valence-corrected chi connectivity index (χ2v) is 7.68. The Bertz CT molecular complexity index is 1320. The summed E-state index contributed by atoms with van der Waals surface area (Å²) in [5.74, 6) is 0.893.